The van der Waals surface area contributed by atoms with Crippen LogP contribution in [-0.4, -0.2) is 62.0 Å². The molecule has 0 radical (unpaired) electrons. The maximum absolute atomic E-state index is 13.2. The van der Waals surface area contributed by atoms with Crippen molar-refractivity contribution in [1.82, 2.24) is 14.3 Å². The number of hydrogen-bond donors (Lipinski definition) is 2. The molecule has 1 fully saturated rings. The van der Waals surface area contributed by atoms with Gasteiger partial charge in [0, 0.05) is 18.8 Å². The van der Waals surface area contributed by atoms with Crippen LogP contribution in [0, 0.1) is 6.92 Å². The highest BCUT2D eigenvalue weighted by molar-refractivity contribution is 8.26. The zero-order chi connectivity index (χ0) is 21.8. The largest absolute Gasteiger partial charge is 0.394 e. The first-order valence-electron chi connectivity index (χ1n) is 9.56. The Bertz CT molecular complexity index is 1060. The van der Waals surface area contributed by atoms with E-state index in [9.17, 15) is 9.59 Å². The third kappa shape index (κ3) is 4.56. The second kappa shape index (κ2) is 9.69. The summed E-state index contributed by atoms with van der Waals surface area (Å²) in [5.41, 5.74) is 1.39. The minimum atomic E-state index is -0.280. The first-order chi connectivity index (χ1) is 14.3. The van der Waals surface area contributed by atoms with Gasteiger partial charge in [-0.1, -0.05) is 30.0 Å². The Kier molecular flexibility index (Phi) is 7.24. The molecule has 2 aromatic rings. The monoisotopic (exact) mass is 448 g/mol. The maximum Gasteiger partial charge on any atom is 0.267 e. The van der Waals surface area contributed by atoms with E-state index in [2.05, 4.69) is 10.3 Å². The molecule has 0 bridgehead atoms. The SMILES string of the molecule is Cc1cccn2c(=O)c(/C=C3/SC(=S)N(C(C)C)C3=O)c(NCCOCCO)nc12. The molecule has 8 nitrogen and oxygen atoms in total. The molecule has 1 aliphatic heterocycles. The van der Waals surface area contributed by atoms with Gasteiger partial charge >= 0.3 is 0 Å². The summed E-state index contributed by atoms with van der Waals surface area (Å²) in [5, 5.41) is 11.9. The molecule has 0 unspecified atom stereocenters. The van der Waals surface area contributed by atoms with Crippen molar-refractivity contribution in [3.05, 3.63) is 44.7 Å². The molecular formula is C20H24N4O4S2. The van der Waals surface area contributed by atoms with Crippen molar-refractivity contribution in [2.24, 2.45) is 0 Å². The number of thiocarbonyl (C=S) groups is 1. The van der Waals surface area contributed by atoms with Gasteiger partial charge in [-0.15, -0.1) is 0 Å². The van der Waals surface area contributed by atoms with Crippen LogP contribution in [0.1, 0.15) is 25.0 Å². The number of pyridine rings is 1. The topological polar surface area (TPSA) is 96.2 Å². The van der Waals surface area contributed by atoms with Gasteiger partial charge in [0.2, 0.25) is 0 Å². The summed E-state index contributed by atoms with van der Waals surface area (Å²) in [6, 6.07) is 3.59. The summed E-state index contributed by atoms with van der Waals surface area (Å²) in [4.78, 5) is 32.6. The highest BCUT2D eigenvalue weighted by atomic mass is 32.2. The molecule has 0 aromatic carbocycles. The van der Waals surface area contributed by atoms with Gasteiger partial charge in [0.15, 0.2) is 0 Å². The lowest BCUT2D eigenvalue weighted by atomic mass is 10.2. The van der Waals surface area contributed by atoms with E-state index < -0.39 is 0 Å². The minimum Gasteiger partial charge on any atom is -0.394 e. The molecule has 1 saturated heterocycles. The van der Waals surface area contributed by atoms with E-state index in [1.54, 1.807) is 18.3 Å². The van der Waals surface area contributed by atoms with Crippen LogP contribution in [0.25, 0.3) is 11.7 Å². The van der Waals surface area contributed by atoms with Crippen LogP contribution in [0.2, 0.25) is 0 Å². The Hall–Kier alpha value is -2.27. The quantitative estimate of drug-likeness (QED) is 0.360. The van der Waals surface area contributed by atoms with E-state index >= 15 is 0 Å². The standard InChI is InChI=1S/C20H24N4O4S2/c1-12(2)24-19(27)15(30-20(24)29)11-14-16(21-6-9-28-10-8-25)22-17-13(3)5-4-7-23(17)18(14)26/h4-5,7,11-12,21,25H,6,8-10H2,1-3H3/b15-11+. The van der Waals surface area contributed by atoms with Crippen LogP contribution in [0.4, 0.5) is 5.82 Å². The summed E-state index contributed by atoms with van der Waals surface area (Å²) < 4.78 is 7.21. The smallest absolute Gasteiger partial charge is 0.267 e. The van der Waals surface area contributed by atoms with Gasteiger partial charge in [-0.25, -0.2) is 4.98 Å². The number of hydrogen-bond acceptors (Lipinski definition) is 8. The average Bonchev–Trinajstić information content (AvgIpc) is 2.98. The number of nitrogens with one attached hydrogen (secondary N) is 1. The fourth-order valence-corrected chi connectivity index (χ4v) is 4.55. The molecule has 2 N–H and O–H groups in total. The number of carbonyl (C=O) groups excluding carboxylic acids is 1. The molecule has 30 heavy (non-hydrogen) atoms. The molecule has 0 spiro atoms. The second-order valence-electron chi connectivity index (χ2n) is 6.97. The number of ether oxygens (including phenoxy) is 1. The number of carbonyl (C=O) groups is 1. The van der Waals surface area contributed by atoms with Gasteiger partial charge in [0.25, 0.3) is 11.5 Å². The number of aliphatic hydroxyl groups is 1. The number of anilines is 1. The van der Waals surface area contributed by atoms with Crippen LogP contribution in [0.5, 0.6) is 0 Å². The van der Waals surface area contributed by atoms with Crippen molar-refractivity contribution >= 4 is 51.7 Å². The van der Waals surface area contributed by atoms with Crippen molar-refractivity contribution in [2.75, 3.05) is 31.7 Å². The lowest BCUT2D eigenvalue weighted by Gasteiger charge is -2.18. The van der Waals surface area contributed by atoms with Crippen molar-refractivity contribution in [3.8, 4) is 0 Å². The molecule has 0 atom stereocenters. The number of rotatable bonds is 8. The van der Waals surface area contributed by atoms with Gasteiger partial charge in [0.1, 0.15) is 15.8 Å². The van der Waals surface area contributed by atoms with Crippen molar-refractivity contribution in [2.45, 2.75) is 26.8 Å². The maximum atomic E-state index is 13.2. The molecule has 0 saturated carbocycles. The average molecular weight is 449 g/mol. The summed E-state index contributed by atoms with van der Waals surface area (Å²) in [6.45, 7) is 6.57. The summed E-state index contributed by atoms with van der Waals surface area (Å²) in [5.74, 6) is 0.155. The number of fused-ring (bicyclic) bond motifs is 1. The normalized spacial score (nSPS) is 15.8. The minimum absolute atomic E-state index is 0.0578. The number of aryl methyl sites for hydroxylation is 1. The molecular weight excluding hydrogens is 424 g/mol. The highest BCUT2D eigenvalue weighted by Gasteiger charge is 2.34. The Morgan fingerprint density at radius 1 is 1.37 bits per heavy atom. The Morgan fingerprint density at radius 2 is 2.13 bits per heavy atom. The molecule has 1 aliphatic rings. The predicted octanol–water partition coefficient (Wildman–Crippen LogP) is 2.03. The number of amides is 1. The van der Waals surface area contributed by atoms with E-state index in [0.717, 1.165) is 5.56 Å². The Balaban J connectivity index is 2.04. The van der Waals surface area contributed by atoms with Crippen LogP contribution in [-0.2, 0) is 9.53 Å². The van der Waals surface area contributed by atoms with Crippen molar-refractivity contribution < 1.29 is 14.6 Å². The molecule has 1 amide bonds. The highest BCUT2D eigenvalue weighted by Crippen LogP contribution is 2.34. The first-order valence-corrected chi connectivity index (χ1v) is 10.8. The van der Waals surface area contributed by atoms with E-state index in [4.69, 9.17) is 22.1 Å². The third-order valence-electron chi connectivity index (χ3n) is 4.47. The van der Waals surface area contributed by atoms with E-state index in [1.807, 2.05) is 26.8 Å². The van der Waals surface area contributed by atoms with Crippen molar-refractivity contribution in [3.63, 3.8) is 0 Å². The molecule has 0 aliphatic carbocycles. The van der Waals surface area contributed by atoms with Crippen LogP contribution < -0.4 is 10.9 Å². The van der Waals surface area contributed by atoms with E-state index in [0.29, 0.717) is 33.8 Å². The summed E-state index contributed by atoms with van der Waals surface area (Å²) in [6.07, 6.45) is 3.21. The van der Waals surface area contributed by atoms with E-state index in [-0.39, 0.29) is 36.3 Å². The molecule has 2 aromatic heterocycles. The zero-order valence-corrected chi connectivity index (χ0v) is 18.7. The Morgan fingerprint density at radius 3 is 2.80 bits per heavy atom. The van der Waals surface area contributed by atoms with Crippen LogP contribution in [0.3, 0.4) is 0 Å². The van der Waals surface area contributed by atoms with Crippen LogP contribution >= 0.6 is 24.0 Å². The third-order valence-corrected chi connectivity index (χ3v) is 5.80. The molecule has 10 heteroatoms. The fourth-order valence-electron chi connectivity index (χ4n) is 3.04. The van der Waals surface area contributed by atoms with Gasteiger partial charge < -0.3 is 15.2 Å². The first kappa shape index (κ1) is 22.4. The lowest BCUT2D eigenvalue weighted by Crippen LogP contribution is -2.34. The van der Waals surface area contributed by atoms with Crippen molar-refractivity contribution in [1.29, 1.82) is 0 Å². The van der Waals surface area contributed by atoms with Crippen LogP contribution in [0.15, 0.2) is 28.0 Å². The predicted molar refractivity (Wildman–Crippen MR) is 123 cm³/mol. The van der Waals surface area contributed by atoms with Gasteiger partial charge in [-0.2, -0.15) is 0 Å². The van der Waals surface area contributed by atoms with Gasteiger partial charge in [0.05, 0.1) is 30.3 Å². The second-order valence-corrected chi connectivity index (χ2v) is 8.65. The lowest BCUT2D eigenvalue weighted by molar-refractivity contribution is -0.123. The molecule has 3 rings (SSSR count). The fraction of sp³-hybridized carbons (Fsp3) is 0.400. The number of thioether (sulfide) groups is 1. The number of aliphatic hydroxyl groups excluding tert-OH is 1. The van der Waals surface area contributed by atoms with Gasteiger partial charge in [-0.3, -0.25) is 18.9 Å². The molecule has 3 heterocycles. The van der Waals surface area contributed by atoms with Gasteiger partial charge in [-0.05, 0) is 38.5 Å². The summed E-state index contributed by atoms with van der Waals surface area (Å²) >= 11 is 6.51. The molecule has 160 valence electrons. The number of nitrogens with zero attached hydrogens (tertiary/aromatic N) is 3. The number of aromatic nitrogens is 2. The summed E-state index contributed by atoms with van der Waals surface area (Å²) in [7, 11) is 0. The van der Waals surface area contributed by atoms with E-state index in [1.165, 1.54) is 21.1 Å². The Labute approximate surface area is 183 Å². The zero-order valence-electron chi connectivity index (χ0n) is 17.0.